The predicted molar refractivity (Wildman–Crippen MR) is 98.8 cm³/mol. The molecule has 0 aliphatic rings. The maximum atomic E-state index is 11.5. The van der Waals surface area contributed by atoms with Gasteiger partial charge < -0.3 is 5.11 Å². The lowest BCUT2D eigenvalue weighted by Crippen LogP contribution is -2.06. The first-order chi connectivity index (χ1) is 11.2. The van der Waals surface area contributed by atoms with Crippen molar-refractivity contribution in [1.29, 1.82) is 0 Å². The molecule has 0 amide bonds. The van der Waals surface area contributed by atoms with Gasteiger partial charge in [0.1, 0.15) is 0 Å². The Morgan fingerprint density at radius 3 is 2.30 bits per heavy atom. The minimum absolute atomic E-state index is 0.433. The zero-order valence-corrected chi connectivity index (χ0v) is 14.8. The van der Waals surface area contributed by atoms with Crippen LogP contribution in [0.1, 0.15) is 35.3 Å². The molecular weight excluding hydrogens is 324 g/mol. The van der Waals surface area contributed by atoms with Gasteiger partial charge in [-0.2, -0.15) is 0 Å². The summed E-state index contributed by atoms with van der Waals surface area (Å²) < 4.78 is 0. The number of carbonyl (C=O) groups is 1. The van der Waals surface area contributed by atoms with Crippen LogP contribution in [0.3, 0.4) is 0 Å². The fraction of sp³-hybridized carbons (Fsp3) is 0.211. The Morgan fingerprint density at radius 1 is 0.957 bits per heavy atom. The number of thiophene rings is 2. The summed E-state index contributed by atoms with van der Waals surface area (Å²) in [5.74, 6) is -0.839. The number of rotatable bonds is 5. The third-order valence-electron chi connectivity index (χ3n) is 4.00. The molecule has 4 heteroatoms. The lowest BCUT2D eigenvalue weighted by Gasteiger charge is -2.14. The van der Waals surface area contributed by atoms with Crippen LogP contribution in [0.15, 0.2) is 41.8 Å². The van der Waals surface area contributed by atoms with Crippen molar-refractivity contribution in [3.05, 3.63) is 58.5 Å². The second-order valence-electron chi connectivity index (χ2n) is 5.27. The van der Waals surface area contributed by atoms with Gasteiger partial charge in [-0.25, -0.2) is 4.79 Å². The molecule has 118 valence electrons. The summed E-state index contributed by atoms with van der Waals surface area (Å²) in [6.45, 7) is 4.12. The molecule has 0 saturated heterocycles. The fourth-order valence-electron chi connectivity index (χ4n) is 2.97. The van der Waals surface area contributed by atoms with Gasteiger partial charge in [-0.15, -0.1) is 22.7 Å². The Bertz CT molecular complexity index is 829. The van der Waals surface area contributed by atoms with Crippen LogP contribution in [-0.4, -0.2) is 11.1 Å². The first-order valence-corrected chi connectivity index (χ1v) is 9.37. The highest BCUT2D eigenvalue weighted by atomic mass is 32.1. The lowest BCUT2D eigenvalue weighted by molar-refractivity contribution is 0.0695. The first kappa shape index (κ1) is 16.0. The number of hydrogen-bond donors (Lipinski definition) is 1. The molecule has 2 aromatic heterocycles. The van der Waals surface area contributed by atoms with Crippen molar-refractivity contribution in [3.63, 3.8) is 0 Å². The summed E-state index contributed by atoms with van der Waals surface area (Å²) in [5.41, 5.74) is 3.72. The van der Waals surface area contributed by atoms with Crippen molar-refractivity contribution in [1.82, 2.24) is 0 Å². The highest BCUT2D eigenvalue weighted by Crippen LogP contribution is 2.39. The molecule has 0 spiro atoms. The molecule has 0 unspecified atom stereocenters. The molecule has 0 radical (unpaired) electrons. The normalized spacial score (nSPS) is 10.9. The van der Waals surface area contributed by atoms with E-state index in [1.807, 2.05) is 13.0 Å². The van der Waals surface area contributed by atoms with E-state index in [9.17, 15) is 9.90 Å². The zero-order chi connectivity index (χ0) is 16.4. The largest absolute Gasteiger partial charge is 0.478 e. The van der Waals surface area contributed by atoms with Crippen molar-refractivity contribution < 1.29 is 9.90 Å². The van der Waals surface area contributed by atoms with Gasteiger partial charge in [0.2, 0.25) is 0 Å². The monoisotopic (exact) mass is 342 g/mol. The molecule has 0 aliphatic carbocycles. The van der Waals surface area contributed by atoms with Crippen LogP contribution in [0, 0.1) is 0 Å². The predicted octanol–water partition coefficient (Wildman–Crippen LogP) is 5.97. The summed E-state index contributed by atoms with van der Waals surface area (Å²) >= 11 is 3.51. The second kappa shape index (κ2) is 6.69. The van der Waals surface area contributed by atoms with Gasteiger partial charge in [0.15, 0.2) is 0 Å². The average molecular weight is 342 g/mol. The lowest BCUT2D eigenvalue weighted by atomic mass is 9.92. The third kappa shape index (κ3) is 2.96. The SMILES string of the molecule is CCc1c(C(=O)O)ccc(-c2ccc(-c3cccs3)s2)c1CC. The van der Waals surface area contributed by atoms with E-state index in [0.717, 1.165) is 24.0 Å². The summed E-state index contributed by atoms with van der Waals surface area (Å²) in [4.78, 5) is 15.2. The van der Waals surface area contributed by atoms with Crippen LogP contribution in [0.25, 0.3) is 20.2 Å². The Hall–Kier alpha value is -1.91. The van der Waals surface area contributed by atoms with E-state index in [-0.39, 0.29) is 0 Å². The minimum atomic E-state index is -0.839. The van der Waals surface area contributed by atoms with Crippen LogP contribution in [0.5, 0.6) is 0 Å². The van der Waals surface area contributed by atoms with Gasteiger partial charge in [0, 0.05) is 14.6 Å². The summed E-state index contributed by atoms with van der Waals surface area (Å²) in [7, 11) is 0. The minimum Gasteiger partial charge on any atom is -0.478 e. The van der Waals surface area contributed by atoms with Crippen molar-refractivity contribution in [2.75, 3.05) is 0 Å². The number of carboxylic acid groups (broad SMARTS) is 1. The number of carboxylic acids is 1. The fourth-order valence-corrected chi connectivity index (χ4v) is 4.86. The smallest absolute Gasteiger partial charge is 0.335 e. The average Bonchev–Trinajstić information content (AvgIpc) is 3.23. The van der Waals surface area contributed by atoms with Gasteiger partial charge >= 0.3 is 5.97 Å². The standard InChI is InChI=1S/C19H18O2S2/c1-3-12-13(4-2)15(19(20)21)8-7-14(12)16-9-10-18(23-16)17-6-5-11-22-17/h5-11H,3-4H2,1-2H3,(H,20,21). The summed E-state index contributed by atoms with van der Waals surface area (Å²) in [6, 6.07) is 12.2. The highest BCUT2D eigenvalue weighted by molar-refractivity contribution is 7.23. The molecule has 2 heterocycles. The molecule has 23 heavy (non-hydrogen) atoms. The second-order valence-corrected chi connectivity index (χ2v) is 7.30. The van der Waals surface area contributed by atoms with Crippen LogP contribution in [0.2, 0.25) is 0 Å². The van der Waals surface area contributed by atoms with E-state index in [1.165, 1.54) is 20.2 Å². The van der Waals surface area contributed by atoms with Crippen LogP contribution in [0.4, 0.5) is 0 Å². The van der Waals surface area contributed by atoms with Gasteiger partial charge in [0.25, 0.3) is 0 Å². The van der Waals surface area contributed by atoms with Gasteiger partial charge in [-0.3, -0.25) is 0 Å². The van der Waals surface area contributed by atoms with Crippen LogP contribution >= 0.6 is 22.7 Å². The molecule has 1 N–H and O–H groups in total. The van der Waals surface area contributed by atoms with Gasteiger partial charge in [-0.1, -0.05) is 26.0 Å². The molecule has 0 atom stereocenters. The quantitative estimate of drug-likeness (QED) is 0.620. The molecule has 0 bridgehead atoms. The Labute approximate surface area is 144 Å². The Balaban J connectivity index is 2.11. The van der Waals surface area contributed by atoms with Crippen molar-refractivity contribution in [3.8, 4) is 20.2 Å². The Kier molecular flexibility index (Phi) is 4.64. The van der Waals surface area contributed by atoms with E-state index < -0.39 is 5.97 Å². The topological polar surface area (TPSA) is 37.3 Å². The third-order valence-corrected chi connectivity index (χ3v) is 6.19. The molecule has 3 rings (SSSR count). The first-order valence-electron chi connectivity index (χ1n) is 7.67. The van der Waals surface area contributed by atoms with E-state index >= 15 is 0 Å². The number of hydrogen-bond acceptors (Lipinski definition) is 3. The molecule has 3 aromatic rings. The molecule has 1 aromatic carbocycles. The highest BCUT2D eigenvalue weighted by Gasteiger charge is 2.17. The van der Waals surface area contributed by atoms with Crippen molar-refractivity contribution >= 4 is 28.6 Å². The molecule has 0 fully saturated rings. The van der Waals surface area contributed by atoms with Crippen molar-refractivity contribution in [2.24, 2.45) is 0 Å². The molecular formula is C19H18O2S2. The van der Waals surface area contributed by atoms with Gasteiger partial charge in [0.05, 0.1) is 5.56 Å². The van der Waals surface area contributed by atoms with E-state index in [2.05, 4.69) is 36.6 Å². The van der Waals surface area contributed by atoms with E-state index in [1.54, 1.807) is 28.7 Å². The zero-order valence-electron chi connectivity index (χ0n) is 13.1. The van der Waals surface area contributed by atoms with Crippen molar-refractivity contribution in [2.45, 2.75) is 26.7 Å². The maximum Gasteiger partial charge on any atom is 0.335 e. The Morgan fingerprint density at radius 2 is 1.70 bits per heavy atom. The molecule has 0 saturated carbocycles. The van der Waals surface area contributed by atoms with E-state index in [4.69, 9.17) is 0 Å². The molecule has 2 nitrogen and oxygen atoms in total. The molecule has 0 aliphatic heterocycles. The number of benzene rings is 1. The maximum absolute atomic E-state index is 11.5. The summed E-state index contributed by atoms with van der Waals surface area (Å²) in [6.07, 6.45) is 1.58. The number of aromatic carboxylic acids is 1. The summed E-state index contributed by atoms with van der Waals surface area (Å²) in [5, 5.41) is 11.5. The van der Waals surface area contributed by atoms with Crippen LogP contribution < -0.4 is 0 Å². The van der Waals surface area contributed by atoms with Crippen LogP contribution in [-0.2, 0) is 12.8 Å². The van der Waals surface area contributed by atoms with Gasteiger partial charge in [-0.05, 0) is 59.2 Å². The van der Waals surface area contributed by atoms with E-state index in [0.29, 0.717) is 5.56 Å².